The number of hydrogen-bond donors (Lipinski definition) is 2. The fraction of sp³-hybridized carbons (Fsp3) is 0.310. The zero-order valence-electron chi connectivity index (χ0n) is 22.5. The lowest BCUT2D eigenvalue weighted by molar-refractivity contribution is -0.117. The van der Waals surface area contributed by atoms with Crippen molar-refractivity contribution in [3.05, 3.63) is 69.0 Å². The van der Waals surface area contributed by atoms with E-state index in [0.29, 0.717) is 42.1 Å². The molecule has 0 radical (unpaired) electrons. The van der Waals surface area contributed by atoms with E-state index in [9.17, 15) is 9.59 Å². The molecule has 206 valence electrons. The van der Waals surface area contributed by atoms with E-state index in [-0.39, 0.29) is 45.2 Å². The van der Waals surface area contributed by atoms with Gasteiger partial charge in [0, 0.05) is 31.2 Å². The first kappa shape index (κ1) is 26.2. The molecule has 9 nitrogen and oxygen atoms in total. The maximum absolute atomic E-state index is 15.3. The molecule has 0 spiro atoms. The highest BCUT2D eigenvalue weighted by Gasteiger charge is 2.39. The number of amides is 1. The Hall–Kier alpha value is -4.02. The summed E-state index contributed by atoms with van der Waals surface area (Å²) < 4.78 is 22.2. The van der Waals surface area contributed by atoms with Crippen molar-refractivity contribution in [2.75, 3.05) is 37.0 Å². The van der Waals surface area contributed by atoms with Crippen LogP contribution in [0.5, 0.6) is 5.75 Å². The van der Waals surface area contributed by atoms with Crippen molar-refractivity contribution < 1.29 is 13.9 Å². The Morgan fingerprint density at radius 3 is 2.75 bits per heavy atom. The van der Waals surface area contributed by atoms with Crippen LogP contribution < -0.4 is 25.8 Å². The highest BCUT2D eigenvalue weighted by atomic mass is 35.5. The predicted octanol–water partition coefficient (Wildman–Crippen LogP) is 4.41. The molecule has 0 bridgehead atoms. The Morgan fingerprint density at radius 1 is 1.20 bits per heavy atom. The van der Waals surface area contributed by atoms with Crippen LogP contribution >= 0.6 is 11.6 Å². The van der Waals surface area contributed by atoms with E-state index in [2.05, 4.69) is 15.6 Å². The predicted molar refractivity (Wildman–Crippen MR) is 154 cm³/mol. The van der Waals surface area contributed by atoms with Gasteiger partial charge in [0.1, 0.15) is 23.3 Å². The van der Waals surface area contributed by atoms with Crippen LogP contribution in [0.3, 0.4) is 0 Å². The summed E-state index contributed by atoms with van der Waals surface area (Å²) in [6.07, 6.45) is 1.70. The Balaban J connectivity index is 1.79. The summed E-state index contributed by atoms with van der Waals surface area (Å²) in [4.78, 5) is 38.9. The van der Waals surface area contributed by atoms with Gasteiger partial charge < -0.3 is 20.3 Å². The van der Waals surface area contributed by atoms with Gasteiger partial charge in [0.15, 0.2) is 5.65 Å². The molecule has 0 aliphatic carbocycles. The monoisotopic (exact) mass is 562 g/mol. The Labute approximate surface area is 234 Å². The van der Waals surface area contributed by atoms with Gasteiger partial charge in [-0.15, -0.1) is 0 Å². The Kier molecular flexibility index (Phi) is 6.47. The molecule has 1 atom stereocenters. The van der Waals surface area contributed by atoms with Gasteiger partial charge in [0.25, 0.3) is 5.56 Å². The molecule has 2 aliphatic heterocycles. The number of halogens is 2. The second kappa shape index (κ2) is 9.87. The van der Waals surface area contributed by atoms with Crippen molar-refractivity contribution in [2.45, 2.75) is 32.7 Å². The molecule has 0 unspecified atom stereocenters. The zero-order valence-corrected chi connectivity index (χ0v) is 23.3. The maximum Gasteiger partial charge on any atom is 0.282 e. The molecule has 2 aliphatic rings. The van der Waals surface area contributed by atoms with Crippen LogP contribution in [0, 0.1) is 12.7 Å². The molecule has 2 N–H and O–H groups in total. The van der Waals surface area contributed by atoms with Crippen molar-refractivity contribution in [1.29, 1.82) is 0 Å². The molecule has 4 aromatic rings. The number of methoxy groups -OCH3 is 1. The molecular weight excluding hydrogens is 535 g/mol. The number of hydrogen-bond acceptors (Lipinski definition) is 7. The lowest BCUT2D eigenvalue weighted by Gasteiger charge is -2.41. The van der Waals surface area contributed by atoms with Crippen LogP contribution in [-0.4, -0.2) is 53.2 Å². The van der Waals surface area contributed by atoms with E-state index >= 15 is 4.39 Å². The summed E-state index contributed by atoms with van der Waals surface area (Å²) in [5, 5.41) is 6.85. The highest BCUT2D eigenvalue weighted by molar-refractivity contribution is 6.34. The van der Waals surface area contributed by atoms with Crippen molar-refractivity contribution in [3.8, 4) is 22.7 Å². The molecule has 11 heteroatoms. The smallest absolute Gasteiger partial charge is 0.282 e. The van der Waals surface area contributed by atoms with Gasteiger partial charge in [-0.25, -0.2) is 9.37 Å². The highest BCUT2D eigenvalue weighted by Crippen LogP contribution is 2.43. The minimum Gasteiger partial charge on any atom is -0.496 e. The number of carbonyl (C=O) groups is 1. The van der Waals surface area contributed by atoms with Gasteiger partial charge in [-0.05, 0) is 42.7 Å². The van der Waals surface area contributed by atoms with Crippen molar-refractivity contribution in [2.24, 2.45) is 0 Å². The number of rotatable bonds is 4. The van der Waals surface area contributed by atoms with Crippen molar-refractivity contribution in [1.82, 2.24) is 19.9 Å². The van der Waals surface area contributed by atoms with Gasteiger partial charge in [0.2, 0.25) is 5.91 Å². The molecule has 1 fully saturated rings. The fourth-order valence-corrected chi connectivity index (χ4v) is 5.91. The molecule has 6 rings (SSSR count). The number of aryl methyl sites for hydroxylation is 1. The molecule has 40 heavy (non-hydrogen) atoms. The second-order valence-corrected chi connectivity index (χ2v) is 10.7. The number of anilines is 2. The third-order valence-electron chi connectivity index (χ3n) is 7.51. The molecular formula is C29H28ClFN6O3. The van der Waals surface area contributed by atoms with Crippen LogP contribution in [0.15, 0.2) is 41.3 Å². The minimum atomic E-state index is -0.560. The number of nitrogens with zero attached hydrogens (tertiary/aromatic N) is 4. The molecule has 1 amide bonds. The van der Waals surface area contributed by atoms with Gasteiger partial charge in [0.05, 0.1) is 40.5 Å². The van der Waals surface area contributed by atoms with Gasteiger partial charge >= 0.3 is 0 Å². The van der Waals surface area contributed by atoms with Gasteiger partial charge in [-0.3, -0.25) is 19.1 Å². The van der Waals surface area contributed by atoms with E-state index < -0.39 is 17.4 Å². The second-order valence-electron chi connectivity index (χ2n) is 10.3. The van der Waals surface area contributed by atoms with Crippen molar-refractivity contribution >= 4 is 39.9 Å². The maximum atomic E-state index is 15.3. The average Bonchev–Trinajstić information content (AvgIpc) is 2.94. The van der Waals surface area contributed by atoms with Gasteiger partial charge in [-0.2, -0.15) is 0 Å². The summed E-state index contributed by atoms with van der Waals surface area (Å²) in [7, 11) is 1.45. The molecule has 1 saturated heterocycles. The number of fused-ring (bicyclic) bond motifs is 5. The zero-order chi connectivity index (χ0) is 28.3. The van der Waals surface area contributed by atoms with E-state index in [1.54, 1.807) is 24.4 Å². The Morgan fingerprint density at radius 2 is 2.00 bits per heavy atom. The first-order chi connectivity index (χ1) is 19.2. The summed E-state index contributed by atoms with van der Waals surface area (Å²) in [5.74, 6) is -0.592. The lowest BCUT2D eigenvalue weighted by atomic mass is 10.0. The number of piperazine rings is 1. The molecule has 3 aromatic heterocycles. The largest absolute Gasteiger partial charge is 0.496 e. The average molecular weight is 563 g/mol. The van der Waals surface area contributed by atoms with Crippen LogP contribution in [0.25, 0.3) is 28.0 Å². The lowest BCUT2D eigenvalue weighted by Crippen LogP contribution is -2.59. The number of pyridine rings is 3. The first-order valence-corrected chi connectivity index (χ1v) is 13.5. The topological polar surface area (TPSA) is 101 Å². The summed E-state index contributed by atoms with van der Waals surface area (Å²) in [6.45, 7) is 7.45. The summed E-state index contributed by atoms with van der Waals surface area (Å²) >= 11 is 6.83. The third-order valence-corrected chi connectivity index (χ3v) is 7.80. The molecule has 5 heterocycles. The van der Waals surface area contributed by atoms with Crippen LogP contribution in [-0.2, 0) is 4.79 Å². The number of ether oxygens (including phenoxy) is 1. The van der Waals surface area contributed by atoms with E-state index in [0.717, 1.165) is 5.56 Å². The van der Waals surface area contributed by atoms with E-state index in [1.807, 2.05) is 31.7 Å². The standard InChI is InChI=1S/C29H28ClFN6O3/c1-14(2)22-25(15(3)8-9-33-22)37-27-16(12-17(30)23(34-27)21-18(31)6-5-7-20(21)40-4)26-24(29(37)39)35-28(38)19-13-32-10-11-36(19)26/h5-9,12,14,19,32H,10-11,13H2,1-4H3,(H,35,38)/t19-/m1/s1. The quantitative estimate of drug-likeness (QED) is 0.380. The number of aromatic nitrogens is 3. The number of benzene rings is 1. The summed E-state index contributed by atoms with van der Waals surface area (Å²) in [6, 6.07) is 7.49. The van der Waals surface area contributed by atoms with Crippen LogP contribution in [0.4, 0.5) is 15.8 Å². The summed E-state index contributed by atoms with van der Waals surface area (Å²) in [5.41, 5.74) is 2.81. The number of nitrogens with one attached hydrogen (secondary N) is 2. The normalized spacial score (nSPS) is 16.6. The SMILES string of the molecule is COc1cccc(F)c1-c1nc2c(cc1Cl)c1c(c(=O)n2-c2c(C)ccnc2C(C)C)NC(=O)[C@H]2CNCCN12. The minimum absolute atomic E-state index is 0.0292. The van der Waals surface area contributed by atoms with E-state index in [1.165, 1.54) is 17.7 Å². The third kappa shape index (κ3) is 3.93. The Bertz CT molecular complexity index is 1750. The molecule has 1 aromatic carbocycles. The van der Waals surface area contributed by atoms with Crippen molar-refractivity contribution in [3.63, 3.8) is 0 Å². The van der Waals surface area contributed by atoms with E-state index in [4.69, 9.17) is 21.3 Å². The number of carbonyl (C=O) groups excluding carboxylic acids is 1. The first-order valence-electron chi connectivity index (χ1n) is 13.1. The fourth-order valence-electron chi connectivity index (χ4n) is 5.66. The van der Waals surface area contributed by atoms with Gasteiger partial charge in [-0.1, -0.05) is 31.5 Å². The molecule has 0 saturated carbocycles. The van der Waals surface area contributed by atoms with Crippen LogP contribution in [0.1, 0.15) is 31.0 Å². The van der Waals surface area contributed by atoms with Crippen LogP contribution in [0.2, 0.25) is 5.02 Å².